The van der Waals surface area contributed by atoms with Gasteiger partial charge in [-0.3, -0.25) is 4.79 Å². The van der Waals surface area contributed by atoms with Crippen LogP contribution in [0.3, 0.4) is 0 Å². The highest BCUT2D eigenvalue weighted by atomic mass is 16.5. The lowest BCUT2D eigenvalue weighted by Crippen LogP contribution is -2.30. The smallest absolute Gasteiger partial charge is 0.258 e. The van der Waals surface area contributed by atoms with Crippen LogP contribution in [0.5, 0.6) is 5.75 Å². The fourth-order valence-electron chi connectivity index (χ4n) is 1.82. The third-order valence-electron chi connectivity index (χ3n) is 3.27. The summed E-state index contributed by atoms with van der Waals surface area (Å²) in [6, 6.07) is 8.77. The maximum absolute atomic E-state index is 11.5. The van der Waals surface area contributed by atoms with Gasteiger partial charge in [0.15, 0.2) is 6.61 Å². The molecule has 2 N–H and O–H groups in total. The molecule has 2 rings (SSSR count). The summed E-state index contributed by atoms with van der Waals surface area (Å²) in [7, 11) is 1.96. The van der Waals surface area contributed by atoms with Gasteiger partial charge in [0.2, 0.25) is 0 Å². The minimum absolute atomic E-state index is 0.0321. The van der Waals surface area contributed by atoms with Gasteiger partial charge in [0.25, 0.3) is 5.91 Å². The molecule has 1 fully saturated rings. The fourth-order valence-corrected chi connectivity index (χ4v) is 1.82. The molecule has 0 aromatic heterocycles. The molecule has 19 heavy (non-hydrogen) atoms. The molecule has 0 saturated heterocycles. The number of nitrogens with one attached hydrogen (secondary N) is 2. The first kappa shape index (κ1) is 13.9. The standard InChI is InChI=1S/C15H22N2O2/c1-11(16-2)9-12-3-7-14(8-4-12)19-10-15(18)17-13-5-6-13/h3-4,7-8,11,13,16H,5-6,9-10H2,1-2H3,(H,17,18). The Kier molecular flexibility index (Phi) is 4.80. The van der Waals surface area contributed by atoms with E-state index in [1.54, 1.807) is 0 Å². The molecule has 1 aliphatic carbocycles. The van der Waals surface area contributed by atoms with Crippen molar-refractivity contribution in [3.8, 4) is 5.75 Å². The highest BCUT2D eigenvalue weighted by molar-refractivity contribution is 5.78. The second-order valence-electron chi connectivity index (χ2n) is 5.17. The molecule has 1 aromatic carbocycles. The molecule has 0 bridgehead atoms. The number of benzene rings is 1. The van der Waals surface area contributed by atoms with E-state index in [0.29, 0.717) is 12.1 Å². The van der Waals surface area contributed by atoms with Crippen LogP contribution in [0.25, 0.3) is 0 Å². The summed E-state index contributed by atoms with van der Waals surface area (Å²) < 4.78 is 5.46. The van der Waals surface area contributed by atoms with E-state index in [1.165, 1.54) is 5.56 Å². The Morgan fingerprint density at radius 2 is 2.05 bits per heavy atom. The summed E-state index contributed by atoms with van der Waals surface area (Å²) in [5.74, 6) is 0.710. The highest BCUT2D eigenvalue weighted by Crippen LogP contribution is 2.18. The molecular weight excluding hydrogens is 240 g/mol. The van der Waals surface area contributed by atoms with Gasteiger partial charge in [-0.1, -0.05) is 12.1 Å². The lowest BCUT2D eigenvalue weighted by molar-refractivity contribution is -0.123. The van der Waals surface area contributed by atoms with Crippen LogP contribution in [0.4, 0.5) is 0 Å². The van der Waals surface area contributed by atoms with E-state index in [1.807, 2.05) is 31.3 Å². The summed E-state index contributed by atoms with van der Waals surface area (Å²) in [6.45, 7) is 2.25. The number of likely N-dealkylation sites (N-methyl/N-ethyl adjacent to an activating group) is 1. The summed E-state index contributed by atoms with van der Waals surface area (Å²) in [4.78, 5) is 11.5. The van der Waals surface area contributed by atoms with Crippen molar-refractivity contribution < 1.29 is 9.53 Å². The molecule has 1 amide bonds. The molecule has 0 aliphatic heterocycles. The number of hydrogen-bond donors (Lipinski definition) is 2. The Morgan fingerprint density at radius 1 is 1.37 bits per heavy atom. The van der Waals surface area contributed by atoms with Crippen LogP contribution in [-0.2, 0) is 11.2 Å². The van der Waals surface area contributed by atoms with Gasteiger partial charge in [-0.05, 0) is 50.9 Å². The van der Waals surface area contributed by atoms with E-state index in [4.69, 9.17) is 4.74 Å². The number of hydrogen-bond acceptors (Lipinski definition) is 3. The number of carbonyl (C=O) groups excluding carboxylic acids is 1. The van der Waals surface area contributed by atoms with Crippen LogP contribution in [0.1, 0.15) is 25.3 Å². The molecule has 0 heterocycles. The monoisotopic (exact) mass is 262 g/mol. The molecular formula is C15H22N2O2. The van der Waals surface area contributed by atoms with Gasteiger partial charge in [-0.15, -0.1) is 0 Å². The van der Waals surface area contributed by atoms with Crippen molar-refractivity contribution in [3.05, 3.63) is 29.8 Å². The van der Waals surface area contributed by atoms with Crippen LogP contribution in [0, 0.1) is 0 Å². The zero-order valence-electron chi connectivity index (χ0n) is 11.6. The Hall–Kier alpha value is -1.55. The van der Waals surface area contributed by atoms with E-state index in [9.17, 15) is 4.79 Å². The Bertz CT molecular complexity index is 413. The van der Waals surface area contributed by atoms with Crippen LogP contribution in [0.2, 0.25) is 0 Å². The Balaban J connectivity index is 1.75. The second-order valence-corrected chi connectivity index (χ2v) is 5.17. The SMILES string of the molecule is CNC(C)Cc1ccc(OCC(=O)NC2CC2)cc1. The van der Waals surface area contributed by atoms with Gasteiger partial charge < -0.3 is 15.4 Å². The van der Waals surface area contributed by atoms with Gasteiger partial charge in [0.05, 0.1) is 0 Å². The molecule has 0 spiro atoms. The lowest BCUT2D eigenvalue weighted by Gasteiger charge is -2.11. The fraction of sp³-hybridized carbons (Fsp3) is 0.533. The van der Waals surface area contributed by atoms with E-state index >= 15 is 0 Å². The number of carbonyl (C=O) groups is 1. The van der Waals surface area contributed by atoms with Gasteiger partial charge in [0, 0.05) is 12.1 Å². The van der Waals surface area contributed by atoms with Crippen LogP contribution >= 0.6 is 0 Å². The van der Waals surface area contributed by atoms with Crippen molar-refractivity contribution in [1.29, 1.82) is 0 Å². The van der Waals surface area contributed by atoms with Crippen LogP contribution in [-0.4, -0.2) is 31.6 Å². The topological polar surface area (TPSA) is 50.4 Å². The van der Waals surface area contributed by atoms with Crippen molar-refractivity contribution in [2.75, 3.05) is 13.7 Å². The first-order valence-corrected chi connectivity index (χ1v) is 6.85. The molecule has 104 valence electrons. The van der Waals surface area contributed by atoms with Crippen molar-refractivity contribution in [3.63, 3.8) is 0 Å². The first-order chi connectivity index (χ1) is 9.17. The molecule has 1 aromatic rings. The predicted octanol–water partition coefficient (Wildman–Crippen LogP) is 1.49. The number of rotatable bonds is 7. The van der Waals surface area contributed by atoms with Crippen LogP contribution in [0.15, 0.2) is 24.3 Å². The minimum Gasteiger partial charge on any atom is -0.484 e. The summed E-state index contributed by atoms with van der Waals surface area (Å²) in [5, 5.41) is 6.10. The molecule has 0 radical (unpaired) electrons. The third kappa shape index (κ3) is 4.91. The average molecular weight is 262 g/mol. The quantitative estimate of drug-likeness (QED) is 0.783. The zero-order valence-corrected chi connectivity index (χ0v) is 11.6. The molecule has 1 unspecified atom stereocenters. The predicted molar refractivity (Wildman–Crippen MR) is 75.3 cm³/mol. The van der Waals surface area contributed by atoms with Gasteiger partial charge >= 0.3 is 0 Å². The van der Waals surface area contributed by atoms with Crippen molar-refractivity contribution >= 4 is 5.91 Å². The van der Waals surface area contributed by atoms with Crippen LogP contribution < -0.4 is 15.4 Å². The molecule has 1 aliphatic rings. The van der Waals surface area contributed by atoms with Crippen molar-refractivity contribution in [2.24, 2.45) is 0 Å². The summed E-state index contributed by atoms with van der Waals surface area (Å²) >= 11 is 0. The zero-order chi connectivity index (χ0) is 13.7. The molecule has 1 atom stereocenters. The minimum atomic E-state index is -0.0321. The van der Waals surface area contributed by atoms with Crippen molar-refractivity contribution in [2.45, 2.75) is 38.3 Å². The summed E-state index contributed by atoms with van der Waals surface area (Å²) in [6.07, 6.45) is 3.19. The maximum Gasteiger partial charge on any atom is 0.258 e. The Morgan fingerprint density at radius 3 is 2.63 bits per heavy atom. The van der Waals surface area contributed by atoms with E-state index in [2.05, 4.69) is 17.6 Å². The third-order valence-corrected chi connectivity index (χ3v) is 3.27. The summed E-state index contributed by atoms with van der Waals surface area (Å²) in [5.41, 5.74) is 1.26. The van der Waals surface area contributed by atoms with E-state index < -0.39 is 0 Å². The Labute approximate surface area is 114 Å². The van der Waals surface area contributed by atoms with E-state index in [0.717, 1.165) is 25.0 Å². The van der Waals surface area contributed by atoms with E-state index in [-0.39, 0.29) is 12.5 Å². The largest absolute Gasteiger partial charge is 0.484 e. The number of amides is 1. The molecule has 4 nitrogen and oxygen atoms in total. The number of ether oxygens (including phenoxy) is 1. The second kappa shape index (κ2) is 6.57. The first-order valence-electron chi connectivity index (χ1n) is 6.85. The molecule has 1 saturated carbocycles. The highest BCUT2D eigenvalue weighted by Gasteiger charge is 2.23. The van der Waals surface area contributed by atoms with Gasteiger partial charge in [-0.2, -0.15) is 0 Å². The van der Waals surface area contributed by atoms with Gasteiger partial charge in [-0.25, -0.2) is 0 Å². The lowest BCUT2D eigenvalue weighted by atomic mass is 10.1. The van der Waals surface area contributed by atoms with Crippen molar-refractivity contribution in [1.82, 2.24) is 10.6 Å². The maximum atomic E-state index is 11.5. The average Bonchev–Trinajstić information content (AvgIpc) is 3.21. The van der Waals surface area contributed by atoms with Gasteiger partial charge in [0.1, 0.15) is 5.75 Å². The normalized spacial score (nSPS) is 15.9. The molecule has 4 heteroatoms.